The number of carbonyl (C=O) groups excluding carboxylic acids is 1. The SMILES string of the molecule is Cc1nnsc1C(=O)NCCc1cnc[nH]1. The maximum atomic E-state index is 11.6. The molecule has 84 valence electrons. The fourth-order valence-electron chi connectivity index (χ4n) is 1.25. The van der Waals surface area contributed by atoms with Gasteiger partial charge in [-0.2, -0.15) is 0 Å². The number of hydrogen-bond acceptors (Lipinski definition) is 5. The van der Waals surface area contributed by atoms with E-state index in [2.05, 4.69) is 24.9 Å². The zero-order chi connectivity index (χ0) is 11.4. The van der Waals surface area contributed by atoms with Gasteiger partial charge in [-0.05, 0) is 18.5 Å². The van der Waals surface area contributed by atoms with Crippen molar-refractivity contribution in [2.45, 2.75) is 13.3 Å². The summed E-state index contributed by atoms with van der Waals surface area (Å²) in [6.07, 6.45) is 4.09. The molecule has 7 heteroatoms. The van der Waals surface area contributed by atoms with Gasteiger partial charge in [-0.25, -0.2) is 4.98 Å². The van der Waals surface area contributed by atoms with Crippen LogP contribution in [-0.2, 0) is 6.42 Å². The van der Waals surface area contributed by atoms with Crippen LogP contribution in [0, 0.1) is 6.92 Å². The second-order valence-electron chi connectivity index (χ2n) is 3.27. The average Bonchev–Trinajstić information content (AvgIpc) is 2.88. The van der Waals surface area contributed by atoms with Crippen LogP contribution in [0.1, 0.15) is 21.1 Å². The van der Waals surface area contributed by atoms with Crippen LogP contribution in [0.2, 0.25) is 0 Å². The predicted octanol–water partition coefficient (Wildman–Crippen LogP) is 0.542. The average molecular weight is 237 g/mol. The first-order chi connectivity index (χ1) is 7.77. The fourth-order valence-corrected chi connectivity index (χ4v) is 1.83. The zero-order valence-corrected chi connectivity index (χ0v) is 9.54. The van der Waals surface area contributed by atoms with Crippen LogP contribution in [0.3, 0.4) is 0 Å². The van der Waals surface area contributed by atoms with E-state index < -0.39 is 0 Å². The van der Waals surface area contributed by atoms with Gasteiger partial charge in [0, 0.05) is 24.9 Å². The maximum Gasteiger partial charge on any atom is 0.264 e. The van der Waals surface area contributed by atoms with Gasteiger partial charge in [0.2, 0.25) is 0 Å². The Labute approximate surface area is 96.3 Å². The molecule has 2 heterocycles. The number of nitrogens with zero attached hydrogens (tertiary/aromatic N) is 3. The summed E-state index contributed by atoms with van der Waals surface area (Å²) in [4.78, 5) is 19.1. The van der Waals surface area contributed by atoms with Crippen molar-refractivity contribution in [3.8, 4) is 0 Å². The van der Waals surface area contributed by atoms with Gasteiger partial charge < -0.3 is 10.3 Å². The molecular formula is C9H11N5OS. The molecule has 0 saturated heterocycles. The van der Waals surface area contributed by atoms with Crippen molar-refractivity contribution >= 4 is 17.4 Å². The van der Waals surface area contributed by atoms with Crippen LogP contribution < -0.4 is 5.32 Å². The zero-order valence-electron chi connectivity index (χ0n) is 8.73. The summed E-state index contributed by atoms with van der Waals surface area (Å²) in [5.41, 5.74) is 1.67. The van der Waals surface area contributed by atoms with Crippen molar-refractivity contribution in [2.75, 3.05) is 6.54 Å². The van der Waals surface area contributed by atoms with E-state index in [4.69, 9.17) is 0 Å². The lowest BCUT2D eigenvalue weighted by Crippen LogP contribution is -2.25. The van der Waals surface area contributed by atoms with Crippen LogP contribution >= 0.6 is 11.5 Å². The number of H-pyrrole nitrogens is 1. The summed E-state index contributed by atoms with van der Waals surface area (Å²) in [7, 11) is 0. The molecule has 6 nitrogen and oxygen atoms in total. The van der Waals surface area contributed by atoms with Crippen molar-refractivity contribution in [3.63, 3.8) is 0 Å². The molecule has 0 aliphatic heterocycles. The van der Waals surface area contributed by atoms with Gasteiger partial charge >= 0.3 is 0 Å². The Morgan fingerprint density at radius 2 is 2.50 bits per heavy atom. The number of hydrogen-bond donors (Lipinski definition) is 2. The van der Waals surface area contributed by atoms with E-state index in [0.29, 0.717) is 17.1 Å². The molecule has 0 aromatic carbocycles. The van der Waals surface area contributed by atoms with Gasteiger partial charge in [0.1, 0.15) is 4.88 Å². The van der Waals surface area contributed by atoms with Gasteiger partial charge in [0.15, 0.2) is 0 Å². The highest BCUT2D eigenvalue weighted by atomic mass is 32.1. The van der Waals surface area contributed by atoms with E-state index in [1.165, 1.54) is 0 Å². The summed E-state index contributed by atoms with van der Waals surface area (Å²) in [6.45, 7) is 2.34. The number of imidazole rings is 1. The number of aryl methyl sites for hydroxylation is 1. The highest BCUT2D eigenvalue weighted by Gasteiger charge is 2.11. The molecule has 0 spiro atoms. The van der Waals surface area contributed by atoms with Crippen LogP contribution in [0.25, 0.3) is 0 Å². The molecule has 16 heavy (non-hydrogen) atoms. The summed E-state index contributed by atoms with van der Waals surface area (Å²) in [6, 6.07) is 0. The van der Waals surface area contributed by atoms with Crippen LogP contribution in [0.5, 0.6) is 0 Å². The predicted molar refractivity (Wildman–Crippen MR) is 59.3 cm³/mol. The number of nitrogens with one attached hydrogen (secondary N) is 2. The topological polar surface area (TPSA) is 83.6 Å². The normalized spacial score (nSPS) is 10.3. The Bertz CT molecular complexity index is 464. The Morgan fingerprint density at radius 3 is 3.12 bits per heavy atom. The molecule has 0 radical (unpaired) electrons. The minimum Gasteiger partial charge on any atom is -0.351 e. The maximum absolute atomic E-state index is 11.6. The molecule has 0 atom stereocenters. The molecular weight excluding hydrogens is 226 g/mol. The first-order valence-electron chi connectivity index (χ1n) is 4.82. The van der Waals surface area contributed by atoms with Crippen LogP contribution in [-0.4, -0.2) is 32.0 Å². The molecule has 1 amide bonds. The monoisotopic (exact) mass is 237 g/mol. The van der Waals surface area contributed by atoms with Crippen LogP contribution in [0.15, 0.2) is 12.5 Å². The van der Waals surface area contributed by atoms with Gasteiger partial charge in [-0.1, -0.05) is 4.49 Å². The number of rotatable bonds is 4. The van der Waals surface area contributed by atoms with Gasteiger partial charge in [-0.15, -0.1) is 5.10 Å². The number of carbonyl (C=O) groups is 1. The first kappa shape index (κ1) is 10.7. The number of aromatic amines is 1. The molecule has 2 aromatic heterocycles. The van der Waals surface area contributed by atoms with Crippen molar-refractivity contribution in [1.29, 1.82) is 0 Å². The molecule has 0 saturated carbocycles. The van der Waals surface area contributed by atoms with Crippen molar-refractivity contribution in [3.05, 3.63) is 28.8 Å². The molecule has 0 aliphatic rings. The molecule has 0 aliphatic carbocycles. The standard InChI is InChI=1S/C9H11N5OS/c1-6-8(16-14-13-6)9(15)11-3-2-7-4-10-5-12-7/h4-5H,2-3H2,1H3,(H,10,12)(H,11,15). The smallest absolute Gasteiger partial charge is 0.264 e. The lowest BCUT2D eigenvalue weighted by molar-refractivity contribution is 0.0957. The highest BCUT2D eigenvalue weighted by molar-refractivity contribution is 7.07. The second kappa shape index (κ2) is 4.84. The van der Waals surface area contributed by atoms with E-state index in [0.717, 1.165) is 23.6 Å². The first-order valence-corrected chi connectivity index (χ1v) is 5.59. The Morgan fingerprint density at radius 1 is 1.62 bits per heavy atom. The van der Waals surface area contributed by atoms with Gasteiger partial charge in [0.25, 0.3) is 5.91 Å². The van der Waals surface area contributed by atoms with E-state index in [-0.39, 0.29) is 5.91 Å². The van der Waals surface area contributed by atoms with E-state index in [1.54, 1.807) is 19.4 Å². The summed E-state index contributed by atoms with van der Waals surface area (Å²) >= 11 is 1.11. The molecule has 0 unspecified atom stereocenters. The Hall–Kier alpha value is -1.76. The third-order valence-electron chi connectivity index (χ3n) is 2.09. The molecule has 2 N–H and O–H groups in total. The lowest BCUT2D eigenvalue weighted by Gasteiger charge is -2.01. The van der Waals surface area contributed by atoms with Gasteiger partial charge in [0.05, 0.1) is 12.0 Å². The molecule has 2 rings (SSSR count). The van der Waals surface area contributed by atoms with Crippen LogP contribution in [0.4, 0.5) is 0 Å². The molecule has 2 aromatic rings. The van der Waals surface area contributed by atoms with E-state index in [9.17, 15) is 4.79 Å². The highest BCUT2D eigenvalue weighted by Crippen LogP contribution is 2.08. The second-order valence-corrected chi connectivity index (χ2v) is 4.02. The third kappa shape index (κ3) is 2.43. The fraction of sp³-hybridized carbons (Fsp3) is 0.333. The Kier molecular flexibility index (Phi) is 3.25. The molecule has 0 fully saturated rings. The minimum absolute atomic E-state index is 0.119. The summed E-state index contributed by atoms with van der Waals surface area (Å²) in [5.74, 6) is -0.119. The van der Waals surface area contributed by atoms with Crippen molar-refractivity contribution < 1.29 is 4.79 Å². The van der Waals surface area contributed by atoms with E-state index in [1.807, 2.05) is 0 Å². The third-order valence-corrected chi connectivity index (χ3v) is 2.92. The number of aromatic nitrogens is 4. The van der Waals surface area contributed by atoms with Crippen molar-refractivity contribution in [2.24, 2.45) is 0 Å². The van der Waals surface area contributed by atoms with Gasteiger partial charge in [-0.3, -0.25) is 4.79 Å². The largest absolute Gasteiger partial charge is 0.351 e. The lowest BCUT2D eigenvalue weighted by atomic mass is 10.3. The van der Waals surface area contributed by atoms with Crippen molar-refractivity contribution in [1.82, 2.24) is 24.9 Å². The van der Waals surface area contributed by atoms with E-state index >= 15 is 0 Å². The quantitative estimate of drug-likeness (QED) is 0.813. The summed E-state index contributed by atoms with van der Waals surface area (Å²) < 4.78 is 3.72. The minimum atomic E-state index is -0.119. The number of amides is 1. The Balaban J connectivity index is 1.83. The molecule has 0 bridgehead atoms. The summed E-state index contributed by atoms with van der Waals surface area (Å²) in [5, 5.41) is 6.60.